The van der Waals surface area contributed by atoms with E-state index in [9.17, 15) is 14.4 Å². The highest BCUT2D eigenvalue weighted by atomic mass is 16.2. The van der Waals surface area contributed by atoms with Crippen molar-refractivity contribution in [3.8, 4) is 0 Å². The fraction of sp³-hybridized carbons (Fsp3) is 0.765. The second-order valence-corrected chi connectivity index (χ2v) is 7.10. The monoisotopic (exact) mass is 334 g/mol. The number of amides is 3. The number of likely N-dealkylation sites (tertiary alicyclic amines) is 1. The van der Waals surface area contributed by atoms with E-state index in [1.165, 1.54) is 11.3 Å². The molecule has 0 aromatic rings. The Bertz CT molecular complexity index is 548. The summed E-state index contributed by atoms with van der Waals surface area (Å²) in [6.07, 6.45) is 9.88. The van der Waals surface area contributed by atoms with Gasteiger partial charge in [0.15, 0.2) is 5.92 Å². The van der Waals surface area contributed by atoms with Crippen LogP contribution in [0.1, 0.15) is 64.2 Å². The molecular formula is C17H26N4O3. The van der Waals surface area contributed by atoms with Gasteiger partial charge in [0.1, 0.15) is 5.71 Å². The Balaban J connectivity index is 1.74. The minimum absolute atomic E-state index is 0.0805. The maximum Gasteiger partial charge on any atom is 0.278 e. The summed E-state index contributed by atoms with van der Waals surface area (Å²) < 4.78 is 0. The summed E-state index contributed by atoms with van der Waals surface area (Å²) in [6, 6.07) is -0.0418. The van der Waals surface area contributed by atoms with Crippen LogP contribution in [0.2, 0.25) is 0 Å². The molecule has 1 aliphatic heterocycles. The number of nitrogens with two attached hydrogens (primary N) is 1. The maximum atomic E-state index is 12.8. The average molecular weight is 334 g/mol. The lowest BCUT2D eigenvalue weighted by atomic mass is 9.94. The first-order valence-electron chi connectivity index (χ1n) is 9.09. The number of hydrazone groups is 1. The number of nitrogens with zero attached hydrogens (tertiary/aromatic N) is 2. The van der Waals surface area contributed by atoms with E-state index in [1.807, 2.05) is 0 Å². The topological polar surface area (TPSA) is 105 Å². The number of hydrogen-bond acceptors (Lipinski definition) is 5. The molecule has 3 fully saturated rings. The lowest BCUT2D eigenvalue weighted by Crippen LogP contribution is -2.45. The first kappa shape index (κ1) is 16.9. The van der Waals surface area contributed by atoms with Gasteiger partial charge in [0.25, 0.3) is 5.91 Å². The third kappa shape index (κ3) is 3.16. The Morgan fingerprint density at radius 2 is 1.58 bits per heavy atom. The summed E-state index contributed by atoms with van der Waals surface area (Å²) in [5.41, 5.74) is -0.112. The minimum Gasteiger partial charge on any atom is -0.352 e. The summed E-state index contributed by atoms with van der Waals surface area (Å²) in [4.78, 5) is 39.2. The van der Waals surface area contributed by atoms with Crippen molar-refractivity contribution >= 4 is 23.4 Å². The predicted octanol–water partition coefficient (Wildman–Crippen LogP) is 1.07. The fourth-order valence-corrected chi connectivity index (χ4v) is 4.19. The minimum atomic E-state index is -1.17. The van der Waals surface area contributed by atoms with Gasteiger partial charge < -0.3 is 11.2 Å². The number of imide groups is 1. The second kappa shape index (κ2) is 7.32. The van der Waals surface area contributed by atoms with Crippen molar-refractivity contribution in [3.05, 3.63) is 0 Å². The number of nitrogens with one attached hydrogen (secondary N) is 1. The quantitative estimate of drug-likeness (QED) is 0.348. The third-order valence-electron chi connectivity index (χ3n) is 5.49. The highest BCUT2D eigenvalue weighted by Gasteiger charge is 2.51. The van der Waals surface area contributed by atoms with E-state index in [4.69, 9.17) is 5.84 Å². The van der Waals surface area contributed by atoms with Crippen molar-refractivity contribution in [3.63, 3.8) is 0 Å². The van der Waals surface area contributed by atoms with Gasteiger partial charge in [0.05, 0.1) is 0 Å². The van der Waals surface area contributed by atoms with Gasteiger partial charge in [-0.15, -0.1) is 0 Å². The van der Waals surface area contributed by atoms with Crippen molar-refractivity contribution < 1.29 is 14.4 Å². The molecule has 0 bridgehead atoms. The Morgan fingerprint density at radius 3 is 2.17 bits per heavy atom. The van der Waals surface area contributed by atoms with Crippen LogP contribution in [0.4, 0.5) is 0 Å². The van der Waals surface area contributed by atoms with Crippen LogP contribution in [0.25, 0.3) is 0 Å². The van der Waals surface area contributed by atoms with Gasteiger partial charge in [0.2, 0.25) is 11.8 Å². The number of carbonyl (C=O) groups is 3. The van der Waals surface area contributed by atoms with E-state index in [0.717, 1.165) is 57.8 Å². The van der Waals surface area contributed by atoms with E-state index in [0.29, 0.717) is 0 Å². The Hall–Kier alpha value is -1.92. The van der Waals surface area contributed by atoms with Gasteiger partial charge >= 0.3 is 0 Å². The molecule has 0 radical (unpaired) electrons. The molecule has 1 heterocycles. The summed E-state index contributed by atoms with van der Waals surface area (Å²) in [5, 5.41) is 6.43. The molecule has 1 saturated heterocycles. The first-order chi connectivity index (χ1) is 11.6. The highest BCUT2D eigenvalue weighted by Crippen LogP contribution is 2.29. The Labute approximate surface area is 142 Å². The summed E-state index contributed by atoms with van der Waals surface area (Å²) >= 11 is 0. The zero-order chi connectivity index (χ0) is 17.1. The molecule has 3 rings (SSSR count). The molecule has 3 amide bonds. The number of hydrogen-bond donors (Lipinski definition) is 2. The normalized spacial score (nSPS) is 28.6. The molecule has 2 aliphatic carbocycles. The van der Waals surface area contributed by atoms with Crippen LogP contribution in [-0.2, 0) is 14.4 Å². The van der Waals surface area contributed by atoms with Gasteiger partial charge in [-0.2, -0.15) is 5.10 Å². The average Bonchev–Trinajstić information content (AvgIpc) is 2.86. The van der Waals surface area contributed by atoms with E-state index < -0.39 is 23.6 Å². The van der Waals surface area contributed by atoms with Gasteiger partial charge in [-0.25, -0.2) is 0 Å². The van der Waals surface area contributed by atoms with Crippen molar-refractivity contribution in [2.45, 2.75) is 76.3 Å². The molecule has 0 aromatic carbocycles. The molecule has 2 saturated carbocycles. The van der Waals surface area contributed by atoms with Crippen LogP contribution in [0.3, 0.4) is 0 Å². The van der Waals surface area contributed by atoms with Crippen molar-refractivity contribution in [1.82, 2.24) is 10.2 Å². The standard InChI is InChI=1S/C17H26N4O3/c18-20-14-13(15(22)19-11-7-3-1-4-8-11)16(23)21(17(14)24)12-9-5-2-6-10-12/h11-13H,1-10,18H2,(H,19,22)/b20-14+. The zero-order valence-electron chi connectivity index (χ0n) is 14.0. The number of rotatable bonds is 3. The summed E-state index contributed by atoms with van der Waals surface area (Å²) in [5.74, 6) is 2.80. The van der Waals surface area contributed by atoms with Crippen LogP contribution < -0.4 is 11.2 Å². The zero-order valence-corrected chi connectivity index (χ0v) is 14.0. The third-order valence-corrected chi connectivity index (χ3v) is 5.49. The molecule has 7 heteroatoms. The SMILES string of the molecule is N/N=C1/C(=O)N(C2CCCCC2)C(=O)C1C(=O)NC1CCCCC1. The maximum absolute atomic E-state index is 12.8. The molecule has 3 N–H and O–H groups in total. The molecule has 24 heavy (non-hydrogen) atoms. The van der Waals surface area contributed by atoms with Crippen molar-refractivity contribution in [2.24, 2.45) is 16.9 Å². The molecule has 1 unspecified atom stereocenters. The molecule has 0 spiro atoms. The predicted molar refractivity (Wildman–Crippen MR) is 88.9 cm³/mol. The lowest BCUT2D eigenvalue weighted by molar-refractivity contribution is -0.144. The van der Waals surface area contributed by atoms with E-state index in [-0.39, 0.29) is 17.8 Å². The van der Waals surface area contributed by atoms with Gasteiger partial charge in [-0.3, -0.25) is 19.3 Å². The number of carbonyl (C=O) groups excluding carboxylic acids is 3. The van der Waals surface area contributed by atoms with Gasteiger partial charge in [0, 0.05) is 12.1 Å². The van der Waals surface area contributed by atoms with Crippen molar-refractivity contribution in [2.75, 3.05) is 0 Å². The highest BCUT2D eigenvalue weighted by molar-refractivity contribution is 6.54. The Morgan fingerprint density at radius 1 is 1.00 bits per heavy atom. The lowest BCUT2D eigenvalue weighted by Gasteiger charge is -2.29. The van der Waals surface area contributed by atoms with Crippen LogP contribution in [0.5, 0.6) is 0 Å². The van der Waals surface area contributed by atoms with E-state index >= 15 is 0 Å². The Kier molecular flexibility index (Phi) is 5.16. The van der Waals surface area contributed by atoms with Gasteiger partial charge in [-0.1, -0.05) is 38.5 Å². The van der Waals surface area contributed by atoms with Crippen LogP contribution in [0, 0.1) is 5.92 Å². The molecule has 1 atom stereocenters. The van der Waals surface area contributed by atoms with Crippen LogP contribution >= 0.6 is 0 Å². The second-order valence-electron chi connectivity index (χ2n) is 7.10. The summed E-state index contributed by atoms with van der Waals surface area (Å²) in [7, 11) is 0. The first-order valence-corrected chi connectivity index (χ1v) is 9.09. The summed E-state index contributed by atoms with van der Waals surface area (Å²) in [6.45, 7) is 0. The molecular weight excluding hydrogens is 308 g/mol. The van der Waals surface area contributed by atoms with Crippen LogP contribution in [-0.4, -0.2) is 40.4 Å². The van der Waals surface area contributed by atoms with Gasteiger partial charge in [-0.05, 0) is 25.7 Å². The smallest absolute Gasteiger partial charge is 0.278 e. The van der Waals surface area contributed by atoms with E-state index in [2.05, 4.69) is 10.4 Å². The molecule has 7 nitrogen and oxygen atoms in total. The van der Waals surface area contributed by atoms with Crippen molar-refractivity contribution in [1.29, 1.82) is 0 Å². The largest absolute Gasteiger partial charge is 0.352 e. The molecule has 132 valence electrons. The fourth-order valence-electron chi connectivity index (χ4n) is 4.19. The molecule has 0 aromatic heterocycles. The van der Waals surface area contributed by atoms with Crippen LogP contribution in [0.15, 0.2) is 5.10 Å². The van der Waals surface area contributed by atoms with E-state index in [1.54, 1.807) is 0 Å². The molecule has 3 aliphatic rings.